The first-order valence-electron chi connectivity index (χ1n) is 5.46. The van der Waals surface area contributed by atoms with Crippen LogP contribution in [-0.2, 0) is 6.42 Å². The Hall–Kier alpha value is -1.04. The fourth-order valence-corrected chi connectivity index (χ4v) is 1.68. The second-order valence-electron chi connectivity index (χ2n) is 3.46. The lowest BCUT2D eigenvalue weighted by molar-refractivity contribution is 0.0944. The number of H-pyrrole nitrogens is 1. The summed E-state index contributed by atoms with van der Waals surface area (Å²) in [6.45, 7) is 2.74. The number of hydrogen-bond donors (Lipinski definition) is 2. The highest BCUT2D eigenvalue weighted by molar-refractivity contribution is 7.98. The van der Waals surface area contributed by atoms with E-state index in [4.69, 9.17) is 0 Å². The summed E-state index contributed by atoms with van der Waals surface area (Å²) >= 11 is 1.77. The minimum atomic E-state index is -0.195. The summed E-state index contributed by atoms with van der Waals surface area (Å²) in [5.41, 5.74) is 0. The lowest BCUT2D eigenvalue weighted by atomic mass is 10.3. The van der Waals surface area contributed by atoms with Gasteiger partial charge in [0.15, 0.2) is 0 Å². The van der Waals surface area contributed by atoms with Gasteiger partial charge in [-0.3, -0.25) is 9.89 Å². The normalized spacial score (nSPS) is 10.4. The summed E-state index contributed by atoms with van der Waals surface area (Å²) in [5.74, 6) is 1.87. The maximum absolute atomic E-state index is 11.6. The van der Waals surface area contributed by atoms with Crippen molar-refractivity contribution < 1.29 is 4.79 Å². The SMILES string of the molecule is CCCc1nc(C(=O)NCCCSC)n[nH]1. The van der Waals surface area contributed by atoms with Gasteiger partial charge >= 0.3 is 0 Å². The van der Waals surface area contributed by atoms with Gasteiger partial charge < -0.3 is 5.32 Å². The maximum atomic E-state index is 11.6. The largest absolute Gasteiger partial charge is 0.349 e. The number of carbonyl (C=O) groups excluding carboxylic acids is 1. The molecular weight excluding hydrogens is 224 g/mol. The van der Waals surface area contributed by atoms with Gasteiger partial charge in [-0.05, 0) is 24.9 Å². The predicted molar refractivity (Wildman–Crippen MR) is 65.7 cm³/mol. The van der Waals surface area contributed by atoms with E-state index in [0.717, 1.165) is 30.8 Å². The zero-order valence-electron chi connectivity index (χ0n) is 9.75. The van der Waals surface area contributed by atoms with E-state index in [2.05, 4.69) is 27.4 Å². The summed E-state index contributed by atoms with van der Waals surface area (Å²) in [6.07, 6.45) is 4.84. The first kappa shape index (κ1) is 13.0. The van der Waals surface area contributed by atoms with E-state index in [1.807, 2.05) is 6.26 Å². The van der Waals surface area contributed by atoms with Crippen LogP contribution in [0.4, 0.5) is 0 Å². The van der Waals surface area contributed by atoms with Crippen molar-refractivity contribution in [1.82, 2.24) is 20.5 Å². The van der Waals surface area contributed by atoms with E-state index in [9.17, 15) is 4.79 Å². The highest BCUT2D eigenvalue weighted by Crippen LogP contribution is 1.97. The number of nitrogens with zero attached hydrogens (tertiary/aromatic N) is 2. The van der Waals surface area contributed by atoms with Crippen molar-refractivity contribution in [2.24, 2.45) is 0 Å². The summed E-state index contributed by atoms with van der Waals surface area (Å²) in [6, 6.07) is 0. The second kappa shape index (κ2) is 7.27. The number of aryl methyl sites for hydroxylation is 1. The number of carbonyl (C=O) groups is 1. The molecule has 1 aromatic rings. The first-order chi connectivity index (χ1) is 7.77. The molecule has 6 heteroatoms. The quantitative estimate of drug-likeness (QED) is 0.706. The number of aromatic nitrogens is 3. The van der Waals surface area contributed by atoms with Crippen LogP contribution >= 0.6 is 11.8 Å². The van der Waals surface area contributed by atoms with Gasteiger partial charge in [0, 0.05) is 13.0 Å². The average molecular weight is 242 g/mol. The topological polar surface area (TPSA) is 70.7 Å². The molecule has 1 aromatic heterocycles. The third-order valence-corrected chi connectivity index (χ3v) is 2.73. The van der Waals surface area contributed by atoms with Crippen molar-refractivity contribution in [3.63, 3.8) is 0 Å². The van der Waals surface area contributed by atoms with Gasteiger partial charge in [0.25, 0.3) is 5.91 Å². The molecule has 90 valence electrons. The number of nitrogens with one attached hydrogen (secondary N) is 2. The molecule has 0 unspecified atom stereocenters. The molecule has 0 aliphatic heterocycles. The molecule has 0 saturated heterocycles. The Balaban J connectivity index is 2.34. The van der Waals surface area contributed by atoms with E-state index in [0.29, 0.717) is 6.54 Å². The molecule has 5 nitrogen and oxygen atoms in total. The van der Waals surface area contributed by atoms with E-state index in [1.165, 1.54) is 0 Å². The summed E-state index contributed by atoms with van der Waals surface area (Å²) in [5, 5.41) is 9.44. The second-order valence-corrected chi connectivity index (χ2v) is 4.44. The summed E-state index contributed by atoms with van der Waals surface area (Å²) in [7, 11) is 0. The molecule has 2 N–H and O–H groups in total. The first-order valence-corrected chi connectivity index (χ1v) is 6.85. The predicted octanol–water partition coefficient (Wildman–Crippen LogP) is 1.24. The fraction of sp³-hybridized carbons (Fsp3) is 0.700. The van der Waals surface area contributed by atoms with Crippen LogP contribution in [0.3, 0.4) is 0 Å². The minimum absolute atomic E-state index is 0.195. The minimum Gasteiger partial charge on any atom is -0.349 e. The Morgan fingerprint density at radius 2 is 2.38 bits per heavy atom. The van der Waals surface area contributed by atoms with Crippen molar-refractivity contribution in [3.05, 3.63) is 11.6 Å². The molecule has 16 heavy (non-hydrogen) atoms. The molecule has 0 radical (unpaired) electrons. The number of rotatable bonds is 7. The number of thioether (sulfide) groups is 1. The van der Waals surface area contributed by atoms with Gasteiger partial charge in [-0.25, -0.2) is 4.98 Å². The molecule has 0 saturated carbocycles. The molecule has 1 rings (SSSR count). The van der Waals surface area contributed by atoms with Crippen molar-refractivity contribution in [3.8, 4) is 0 Å². The molecule has 0 bridgehead atoms. The smallest absolute Gasteiger partial charge is 0.290 e. The zero-order valence-corrected chi connectivity index (χ0v) is 10.6. The van der Waals surface area contributed by atoms with Crippen molar-refractivity contribution in [1.29, 1.82) is 0 Å². The Bertz CT molecular complexity index is 326. The maximum Gasteiger partial charge on any atom is 0.290 e. The lowest BCUT2D eigenvalue weighted by Crippen LogP contribution is -2.25. The van der Waals surface area contributed by atoms with E-state index in [-0.39, 0.29) is 11.7 Å². The molecule has 0 fully saturated rings. The summed E-state index contributed by atoms with van der Waals surface area (Å²) < 4.78 is 0. The number of hydrogen-bond acceptors (Lipinski definition) is 4. The molecule has 1 amide bonds. The Morgan fingerprint density at radius 3 is 3.06 bits per heavy atom. The average Bonchev–Trinajstić information content (AvgIpc) is 2.73. The van der Waals surface area contributed by atoms with Gasteiger partial charge in [0.2, 0.25) is 5.82 Å². The van der Waals surface area contributed by atoms with Crippen LogP contribution in [0.15, 0.2) is 0 Å². The highest BCUT2D eigenvalue weighted by atomic mass is 32.2. The van der Waals surface area contributed by atoms with Crippen LogP contribution in [0, 0.1) is 0 Å². The standard InChI is InChI=1S/C10H18N4OS/c1-3-5-8-12-9(14-13-8)10(15)11-6-4-7-16-2/h3-7H2,1-2H3,(H,11,15)(H,12,13,14). The van der Waals surface area contributed by atoms with Crippen molar-refractivity contribution in [2.45, 2.75) is 26.2 Å². The van der Waals surface area contributed by atoms with Gasteiger partial charge in [-0.1, -0.05) is 6.92 Å². The number of amides is 1. The van der Waals surface area contributed by atoms with Crippen molar-refractivity contribution >= 4 is 17.7 Å². The van der Waals surface area contributed by atoms with Crippen LogP contribution in [-0.4, -0.2) is 39.6 Å². The van der Waals surface area contributed by atoms with Gasteiger partial charge in [-0.15, -0.1) is 5.10 Å². The Kier molecular flexibility index (Phi) is 5.92. The van der Waals surface area contributed by atoms with Gasteiger partial charge in [0.05, 0.1) is 0 Å². The third kappa shape index (κ3) is 4.22. The van der Waals surface area contributed by atoms with Crippen molar-refractivity contribution in [2.75, 3.05) is 18.6 Å². The Morgan fingerprint density at radius 1 is 1.56 bits per heavy atom. The van der Waals surface area contributed by atoms with E-state index < -0.39 is 0 Å². The summed E-state index contributed by atoms with van der Waals surface area (Å²) in [4.78, 5) is 15.7. The third-order valence-electron chi connectivity index (χ3n) is 2.03. The zero-order chi connectivity index (χ0) is 11.8. The van der Waals surface area contributed by atoms with Crippen LogP contribution in [0.25, 0.3) is 0 Å². The molecule has 0 aliphatic carbocycles. The Labute approximate surface area is 99.8 Å². The monoisotopic (exact) mass is 242 g/mol. The molecule has 1 heterocycles. The lowest BCUT2D eigenvalue weighted by Gasteiger charge is -2.00. The van der Waals surface area contributed by atoms with Crippen LogP contribution in [0.1, 0.15) is 36.2 Å². The highest BCUT2D eigenvalue weighted by Gasteiger charge is 2.10. The fourth-order valence-electron chi connectivity index (χ4n) is 1.24. The van der Waals surface area contributed by atoms with E-state index in [1.54, 1.807) is 11.8 Å². The van der Waals surface area contributed by atoms with Crippen LogP contribution < -0.4 is 5.32 Å². The molecule has 0 aromatic carbocycles. The van der Waals surface area contributed by atoms with Gasteiger partial charge in [-0.2, -0.15) is 11.8 Å². The molecular formula is C10H18N4OS. The molecule has 0 aliphatic rings. The van der Waals surface area contributed by atoms with Crippen LogP contribution in [0.5, 0.6) is 0 Å². The number of aromatic amines is 1. The van der Waals surface area contributed by atoms with Gasteiger partial charge in [0.1, 0.15) is 5.82 Å². The molecule has 0 atom stereocenters. The van der Waals surface area contributed by atoms with E-state index >= 15 is 0 Å². The molecule has 0 spiro atoms. The van der Waals surface area contributed by atoms with Crippen LogP contribution in [0.2, 0.25) is 0 Å².